The molecule has 5 unspecified atom stereocenters. The number of ether oxygens (including phenoxy) is 3. The molecular formula is C73H124O16P2. The van der Waals surface area contributed by atoms with Gasteiger partial charge in [0, 0.05) is 19.3 Å². The third-order valence-corrected chi connectivity index (χ3v) is 16.1. The van der Waals surface area contributed by atoms with Crippen LogP contribution in [0.5, 0.6) is 0 Å². The minimum atomic E-state index is -4.93. The number of phosphoric acid groups is 2. The van der Waals surface area contributed by atoms with Crippen molar-refractivity contribution in [1.82, 2.24) is 0 Å². The lowest BCUT2D eigenvalue weighted by Crippen LogP contribution is -2.30. The van der Waals surface area contributed by atoms with Gasteiger partial charge >= 0.3 is 33.6 Å². The van der Waals surface area contributed by atoms with E-state index in [1.165, 1.54) is 25.7 Å². The molecule has 0 amide bonds. The van der Waals surface area contributed by atoms with Crippen molar-refractivity contribution in [3.63, 3.8) is 0 Å². The predicted molar refractivity (Wildman–Crippen MR) is 371 cm³/mol. The van der Waals surface area contributed by atoms with E-state index in [-0.39, 0.29) is 19.3 Å². The van der Waals surface area contributed by atoms with Crippen LogP contribution in [0.3, 0.4) is 0 Å². The normalized spacial score (nSPS) is 14.9. The van der Waals surface area contributed by atoms with E-state index < -0.39 is 91.5 Å². The molecule has 0 saturated heterocycles. The van der Waals surface area contributed by atoms with Crippen LogP contribution >= 0.6 is 15.6 Å². The maximum absolute atomic E-state index is 12.9. The van der Waals surface area contributed by atoms with E-state index >= 15 is 0 Å². The molecule has 4 N–H and O–H groups in total. The summed E-state index contributed by atoms with van der Waals surface area (Å²) >= 11 is 0. The van der Waals surface area contributed by atoms with Gasteiger partial charge in [-0.3, -0.25) is 32.5 Å². The summed E-state index contributed by atoms with van der Waals surface area (Å²) in [6.07, 6.45) is 75.3. The van der Waals surface area contributed by atoms with Crippen molar-refractivity contribution in [2.75, 3.05) is 39.6 Å². The van der Waals surface area contributed by atoms with Gasteiger partial charge in [-0.05, 0) is 128 Å². The minimum Gasteiger partial charge on any atom is -0.463 e. The fourth-order valence-electron chi connectivity index (χ4n) is 8.88. The zero-order valence-electron chi connectivity index (χ0n) is 56.5. The lowest BCUT2D eigenvalue weighted by atomic mass is 10.1. The highest BCUT2D eigenvalue weighted by Crippen LogP contribution is 2.45. The van der Waals surface area contributed by atoms with Crippen LogP contribution in [0.25, 0.3) is 0 Å². The van der Waals surface area contributed by atoms with Crippen molar-refractivity contribution in [3.8, 4) is 0 Å². The molecule has 0 spiro atoms. The van der Waals surface area contributed by atoms with Gasteiger partial charge in [0.25, 0.3) is 0 Å². The van der Waals surface area contributed by atoms with Crippen LogP contribution in [0.1, 0.15) is 265 Å². The topological polar surface area (TPSA) is 231 Å². The first-order valence-corrected chi connectivity index (χ1v) is 37.8. The van der Waals surface area contributed by atoms with Crippen LogP contribution in [-0.2, 0) is 55.8 Å². The smallest absolute Gasteiger partial charge is 0.463 e. The van der Waals surface area contributed by atoms with Gasteiger partial charge in [-0.25, -0.2) is 9.13 Å². The van der Waals surface area contributed by atoms with E-state index in [2.05, 4.69) is 142 Å². The molecule has 0 heterocycles. The van der Waals surface area contributed by atoms with Crippen LogP contribution < -0.4 is 0 Å². The Balaban J connectivity index is 4.59. The lowest BCUT2D eigenvalue weighted by molar-refractivity contribution is -0.161. The fourth-order valence-corrected chi connectivity index (χ4v) is 10.5. The Kier molecular flexibility index (Phi) is 63.1. The summed E-state index contributed by atoms with van der Waals surface area (Å²) in [6, 6.07) is 0. The first kappa shape index (κ1) is 87.0. The van der Waals surface area contributed by atoms with Crippen molar-refractivity contribution >= 4 is 33.6 Å². The number of phosphoric ester groups is 2. The summed E-state index contributed by atoms with van der Waals surface area (Å²) in [4.78, 5) is 58.4. The molecule has 0 radical (unpaired) electrons. The molecular weight excluding hydrogens is 1190 g/mol. The fraction of sp³-hybridized carbons (Fsp3) is 0.685. The zero-order valence-corrected chi connectivity index (χ0v) is 58.3. The summed E-state index contributed by atoms with van der Waals surface area (Å²) in [5.74, 6) is -1.61. The minimum absolute atomic E-state index is 0.0902. The Morgan fingerprint density at radius 1 is 0.319 bits per heavy atom. The molecule has 0 aromatic heterocycles. The summed E-state index contributed by atoms with van der Waals surface area (Å²) in [5, 5.41) is 20.6. The number of rotatable bonds is 65. The Morgan fingerprint density at radius 2 is 0.582 bits per heavy atom. The van der Waals surface area contributed by atoms with Crippen LogP contribution in [0.2, 0.25) is 0 Å². The van der Waals surface area contributed by atoms with Crippen molar-refractivity contribution < 1.29 is 75.8 Å². The molecule has 0 aromatic carbocycles. The standard InChI is InChI=1S/C73H124O16P2/c1-4-7-10-13-16-19-22-25-27-29-30-31-32-33-34-35-36-38-40-42-44-47-50-53-56-59-71(76)83-62-68(74)63-85-90(79,80)86-64-69(75)65-87-91(81,82)88-67-70(89-73(78)61-58-55-52-49-46-41-24-21-18-15-12-9-6-3)66-84-72(77)60-57-54-51-48-45-43-39-37-28-26-23-20-17-14-11-8-5-2/h7-8,10-11,16-17,19-21,24-28,30-31,33-34,36,38,68-70,74-75H,4-6,9,12-15,18,22-23,29,32,35,37,39-67H2,1-3H3,(H,79,80)(H,81,82)/b10-7-,11-8-,19-16-,20-17-,24-21-,27-25-,28-26-,31-30-,34-33-,38-36-. The Bertz CT molecular complexity index is 2140. The molecule has 0 aliphatic carbocycles. The molecule has 5 atom stereocenters. The van der Waals surface area contributed by atoms with Crippen LogP contribution in [0.15, 0.2) is 122 Å². The summed E-state index contributed by atoms with van der Waals surface area (Å²) in [7, 11) is -9.79. The quantitative estimate of drug-likeness (QED) is 0.0146. The maximum atomic E-state index is 12.9. The van der Waals surface area contributed by atoms with Gasteiger partial charge < -0.3 is 34.2 Å². The second-order valence-corrected chi connectivity index (χ2v) is 25.8. The van der Waals surface area contributed by atoms with Gasteiger partial charge in [0.05, 0.1) is 26.4 Å². The molecule has 0 bridgehead atoms. The summed E-state index contributed by atoms with van der Waals surface area (Å²) < 4.78 is 60.9. The first-order chi connectivity index (χ1) is 44.2. The van der Waals surface area contributed by atoms with Gasteiger partial charge in [-0.15, -0.1) is 0 Å². The van der Waals surface area contributed by atoms with Crippen molar-refractivity contribution in [3.05, 3.63) is 122 Å². The van der Waals surface area contributed by atoms with Gasteiger partial charge in [-0.2, -0.15) is 0 Å². The molecule has 16 nitrogen and oxygen atoms in total. The highest BCUT2D eigenvalue weighted by molar-refractivity contribution is 7.47. The maximum Gasteiger partial charge on any atom is 0.472 e. The Labute approximate surface area is 551 Å². The van der Waals surface area contributed by atoms with E-state index in [9.17, 15) is 43.5 Å². The Hall–Kier alpha value is -4.05. The second kappa shape index (κ2) is 66.0. The van der Waals surface area contributed by atoms with Crippen molar-refractivity contribution in [2.45, 2.75) is 283 Å². The summed E-state index contributed by atoms with van der Waals surface area (Å²) in [5.41, 5.74) is 0. The Morgan fingerprint density at radius 3 is 0.934 bits per heavy atom. The van der Waals surface area contributed by atoms with Gasteiger partial charge in [0.2, 0.25) is 0 Å². The van der Waals surface area contributed by atoms with E-state index in [1.807, 2.05) is 0 Å². The number of allylic oxidation sites excluding steroid dienone is 20. The number of carbonyl (C=O) groups excluding carboxylic acids is 3. The van der Waals surface area contributed by atoms with E-state index in [4.69, 9.17) is 32.3 Å². The number of aliphatic hydroxyl groups excluding tert-OH is 2. The molecule has 0 aliphatic heterocycles. The van der Waals surface area contributed by atoms with E-state index in [1.54, 1.807) is 0 Å². The van der Waals surface area contributed by atoms with Crippen LogP contribution in [0, 0.1) is 0 Å². The number of hydrogen-bond donors (Lipinski definition) is 4. The molecule has 0 aromatic rings. The van der Waals surface area contributed by atoms with Gasteiger partial charge in [0.15, 0.2) is 6.10 Å². The largest absolute Gasteiger partial charge is 0.472 e. The number of hydrogen-bond acceptors (Lipinski definition) is 14. The molecule has 0 fully saturated rings. The van der Waals surface area contributed by atoms with Crippen molar-refractivity contribution in [1.29, 1.82) is 0 Å². The molecule has 522 valence electrons. The molecule has 0 saturated carbocycles. The highest BCUT2D eigenvalue weighted by Gasteiger charge is 2.29. The van der Waals surface area contributed by atoms with E-state index in [0.29, 0.717) is 19.3 Å². The SMILES string of the molecule is CC/C=C\C/C=C\C/C=C\C/C=C\C/C=C\C/C=C\CCCCCCCCC(=O)OCC(O)COP(=O)(O)OCC(O)COP(=O)(O)OCC(COC(=O)CCCCCCCCC/C=C\C/C=C\C/C=C\CC)OC(=O)CCCCCCC/C=C\CCCCCC. The van der Waals surface area contributed by atoms with Gasteiger partial charge in [0.1, 0.15) is 25.4 Å². The highest BCUT2D eigenvalue weighted by atomic mass is 31.2. The zero-order chi connectivity index (χ0) is 66.7. The number of unbranched alkanes of at least 4 members (excludes halogenated alkanes) is 22. The van der Waals surface area contributed by atoms with E-state index in [0.717, 1.165) is 180 Å². The third kappa shape index (κ3) is 67.2. The second-order valence-electron chi connectivity index (χ2n) is 22.9. The molecule has 91 heavy (non-hydrogen) atoms. The lowest BCUT2D eigenvalue weighted by Gasteiger charge is -2.21. The first-order valence-electron chi connectivity index (χ1n) is 34.8. The summed E-state index contributed by atoms with van der Waals surface area (Å²) in [6.45, 7) is 2.38. The monoisotopic (exact) mass is 1320 g/mol. The van der Waals surface area contributed by atoms with Crippen molar-refractivity contribution in [2.24, 2.45) is 0 Å². The molecule has 0 aliphatic rings. The number of esters is 3. The number of carbonyl (C=O) groups is 3. The average molecular weight is 1320 g/mol. The average Bonchev–Trinajstić information content (AvgIpc) is 3.75. The number of aliphatic hydroxyl groups is 2. The third-order valence-electron chi connectivity index (χ3n) is 14.2. The van der Waals surface area contributed by atoms with Crippen LogP contribution in [-0.4, -0.2) is 95.9 Å². The van der Waals surface area contributed by atoms with Crippen LogP contribution in [0.4, 0.5) is 0 Å². The molecule has 18 heteroatoms. The molecule has 0 rings (SSSR count). The predicted octanol–water partition coefficient (Wildman–Crippen LogP) is 19.4. The van der Waals surface area contributed by atoms with Gasteiger partial charge in [-0.1, -0.05) is 239 Å².